The summed E-state index contributed by atoms with van der Waals surface area (Å²) in [6, 6.07) is 5.97. The smallest absolute Gasteiger partial charge is 0.255 e. The predicted molar refractivity (Wildman–Crippen MR) is 94.2 cm³/mol. The second-order valence-corrected chi connectivity index (χ2v) is 7.62. The van der Waals surface area contributed by atoms with Crippen molar-refractivity contribution in [1.29, 1.82) is 0 Å². The van der Waals surface area contributed by atoms with Crippen LogP contribution >= 0.6 is 23.4 Å². The zero-order valence-corrected chi connectivity index (χ0v) is 14.9. The molecule has 1 saturated carbocycles. The first kappa shape index (κ1) is 18.8. The number of halogens is 4. The topological polar surface area (TPSA) is 46.2 Å². The Morgan fingerprint density at radius 2 is 1.85 bits per heavy atom. The summed E-state index contributed by atoms with van der Waals surface area (Å²) in [7, 11) is 0. The molecule has 1 N–H and O–H groups in total. The molecule has 0 bridgehead atoms. The molecule has 1 aliphatic carbocycles. The number of anilines is 1. The highest BCUT2D eigenvalue weighted by Crippen LogP contribution is 2.37. The van der Waals surface area contributed by atoms with Crippen molar-refractivity contribution in [3.05, 3.63) is 58.4 Å². The fourth-order valence-corrected chi connectivity index (χ4v) is 4.12. The number of Topliss-reactive ketones (excluding diaryl/α,β-unsaturated/α-hetero) is 1. The van der Waals surface area contributed by atoms with Gasteiger partial charge in [0.05, 0.1) is 5.02 Å². The molecule has 0 spiro atoms. The van der Waals surface area contributed by atoms with Gasteiger partial charge in [0.2, 0.25) is 0 Å². The summed E-state index contributed by atoms with van der Waals surface area (Å²) in [5.41, 5.74) is 0.0308. The van der Waals surface area contributed by atoms with Crippen molar-refractivity contribution in [2.45, 2.75) is 29.4 Å². The monoisotopic (exact) mass is 399 g/mol. The first-order valence-electron chi connectivity index (χ1n) is 7.77. The van der Waals surface area contributed by atoms with Gasteiger partial charge in [-0.25, -0.2) is 13.2 Å². The van der Waals surface area contributed by atoms with Crippen molar-refractivity contribution in [1.82, 2.24) is 0 Å². The third-order valence-electron chi connectivity index (χ3n) is 3.93. The van der Waals surface area contributed by atoms with Crippen molar-refractivity contribution in [2.24, 2.45) is 0 Å². The molecule has 1 atom stereocenters. The summed E-state index contributed by atoms with van der Waals surface area (Å²) >= 11 is 7.58. The fraction of sp³-hybridized carbons (Fsp3) is 0.222. The van der Waals surface area contributed by atoms with Gasteiger partial charge in [0.25, 0.3) is 5.91 Å². The van der Waals surface area contributed by atoms with Gasteiger partial charge < -0.3 is 5.32 Å². The molecular formula is C18H13ClF3NO2S. The Balaban J connectivity index is 1.77. The van der Waals surface area contributed by atoms with Crippen LogP contribution < -0.4 is 5.32 Å². The summed E-state index contributed by atoms with van der Waals surface area (Å²) < 4.78 is 39.5. The van der Waals surface area contributed by atoms with E-state index < -0.39 is 23.4 Å². The van der Waals surface area contributed by atoms with Crippen LogP contribution in [0.1, 0.15) is 29.6 Å². The lowest BCUT2D eigenvalue weighted by molar-refractivity contribution is -0.117. The molecule has 3 nitrogen and oxygen atoms in total. The number of nitrogens with one attached hydrogen (secondary N) is 1. The Morgan fingerprint density at radius 1 is 1.15 bits per heavy atom. The van der Waals surface area contributed by atoms with Crippen molar-refractivity contribution >= 4 is 40.7 Å². The molecule has 3 rings (SSSR count). The average molecular weight is 400 g/mol. The molecule has 136 valence electrons. The SMILES string of the molecule is O=C1CCC(Sc2cc(C(=O)Nc3cc(F)c(F)c(F)c3)ccc2Cl)C1. The second-order valence-electron chi connectivity index (χ2n) is 5.87. The van der Waals surface area contributed by atoms with Gasteiger partial charge in [0.15, 0.2) is 17.5 Å². The van der Waals surface area contributed by atoms with E-state index in [1.807, 2.05) is 0 Å². The molecule has 0 heterocycles. The fourth-order valence-electron chi connectivity index (χ4n) is 2.63. The average Bonchev–Trinajstić information content (AvgIpc) is 2.99. The number of rotatable bonds is 4. The maximum atomic E-state index is 13.3. The van der Waals surface area contributed by atoms with Crippen LogP contribution in [0.2, 0.25) is 5.02 Å². The van der Waals surface area contributed by atoms with E-state index >= 15 is 0 Å². The minimum Gasteiger partial charge on any atom is -0.322 e. The summed E-state index contributed by atoms with van der Waals surface area (Å²) in [6.07, 6.45) is 1.76. The first-order valence-corrected chi connectivity index (χ1v) is 9.03. The molecule has 2 aromatic rings. The lowest BCUT2D eigenvalue weighted by Gasteiger charge is -2.12. The van der Waals surface area contributed by atoms with E-state index in [0.29, 0.717) is 34.9 Å². The van der Waals surface area contributed by atoms with Crippen LogP contribution in [-0.2, 0) is 4.79 Å². The summed E-state index contributed by atoms with van der Waals surface area (Å²) in [5, 5.41) is 2.88. The quantitative estimate of drug-likeness (QED) is 0.717. The van der Waals surface area contributed by atoms with Gasteiger partial charge in [-0.05, 0) is 24.6 Å². The third kappa shape index (κ3) is 4.22. The lowest BCUT2D eigenvalue weighted by atomic mass is 10.2. The number of carbonyl (C=O) groups is 2. The van der Waals surface area contributed by atoms with Gasteiger partial charge >= 0.3 is 0 Å². The minimum absolute atomic E-state index is 0.110. The van der Waals surface area contributed by atoms with Crippen LogP contribution in [0.5, 0.6) is 0 Å². The van der Waals surface area contributed by atoms with Gasteiger partial charge in [0.1, 0.15) is 5.78 Å². The van der Waals surface area contributed by atoms with E-state index in [-0.39, 0.29) is 22.3 Å². The van der Waals surface area contributed by atoms with Crippen molar-refractivity contribution < 1.29 is 22.8 Å². The zero-order chi connectivity index (χ0) is 18.8. The Morgan fingerprint density at radius 3 is 2.46 bits per heavy atom. The van der Waals surface area contributed by atoms with E-state index in [2.05, 4.69) is 5.32 Å². The van der Waals surface area contributed by atoms with Crippen molar-refractivity contribution in [2.75, 3.05) is 5.32 Å². The Labute approximate surface area is 156 Å². The number of hydrogen-bond donors (Lipinski definition) is 1. The van der Waals surface area contributed by atoms with E-state index in [4.69, 9.17) is 11.6 Å². The minimum atomic E-state index is -1.60. The van der Waals surface area contributed by atoms with Gasteiger partial charge in [-0.15, -0.1) is 11.8 Å². The van der Waals surface area contributed by atoms with Gasteiger partial charge in [-0.3, -0.25) is 9.59 Å². The summed E-state index contributed by atoms with van der Waals surface area (Å²) in [5.74, 6) is -4.79. The van der Waals surface area contributed by atoms with Crippen LogP contribution in [0.25, 0.3) is 0 Å². The molecule has 0 saturated heterocycles. The van der Waals surface area contributed by atoms with Crippen LogP contribution in [0.15, 0.2) is 35.2 Å². The molecule has 2 aromatic carbocycles. The molecule has 1 fully saturated rings. The Hall–Kier alpha value is -1.99. The van der Waals surface area contributed by atoms with E-state index in [9.17, 15) is 22.8 Å². The van der Waals surface area contributed by atoms with Crippen molar-refractivity contribution in [3.63, 3.8) is 0 Å². The molecule has 8 heteroatoms. The normalized spacial score (nSPS) is 16.8. The highest BCUT2D eigenvalue weighted by atomic mass is 35.5. The standard InChI is InChI=1S/C18H13ClF3NO2S/c19-13-4-1-9(5-16(13)26-12-3-2-11(24)8-12)18(25)23-10-6-14(20)17(22)15(21)7-10/h1,4-7,12H,2-3,8H2,(H,23,25). The van der Waals surface area contributed by atoms with Crippen LogP contribution in [0.3, 0.4) is 0 Å². The molecule has 1 unspecified atom stereocenters. The maximum Gasteiger partial charge on any atom is 0.255 e. The van der Waals surface area contributed by atoms with Crippen LogP contribution in [-0.4, -0.2) is 16.9 Å². The Kier molecular flexibility index (Phi) is 5.58. The van der Waals surface area contributed by atoms with E-state index in [0.717, 1.165) is 6.42 Å². The molecule has 0 aliphatic heterocycles. The lowest BCUT2D eigenvalue weighted by Crippen LogP contribution is -2.13. The number of ketones is 1. The number of hydrogen-bond acceptors (Lipinski definition) is 3. The maximum absolute atomic E-state index is 13.3. The zero-order valence-electron chi connectivity index (χ0n) is 13.3. The molecule has 1 amide bonds. The summed E-state index contributed by atoms with van der Waals surface area (Å²) in [6.45, 7) is 0. The van der Waals surface area contributed by atoms with Gasteiger partial charge in [-0.2, -0.15) is 0 Å². The molecule has 0 aromatic heterocycles. The Bertz CT molecular complexity index is 868. The molecular weight excluding hydrogens is 387 g/mol. The third-order valence-corrected chi connectivity index (χ3v) is 5.70. The highest BCUT2D eigenvalue weighted by molar-refractivity contribution is 8.00. The highest BCUT2D eigenvalue weighted by Gasteiger charge is 2.24. The second kappa shape index (κ2) is 7.72. The molecule has 0 radical (unpaired) electrons. The molecule has 26 heavy (non-hydrogen) atoms. The van der Waals surface area contributed by atoms with Crippen LogP contribution in [0.4, 0.5) is 18.9 Å². The van der Waals surface area contributed by atoms with Crippen LogP contribution in [0, 0.1) is 17.5 Å². The van der Waals surface area contributed by atoms with E-state index in [1.165, 1.54) is 17.8 Å². The predicted octanol–water partition coefficient (Wildman–Crippen LogP) is 5.22. The van der Waals surface area contributed by atoms with Gasteiger partial charge in [-0.1, -0.05) is 11.6 Å². The first-order chi connectivity index (χ1) is 12.3. The van der Waals surface area contributed by atoms with Crippen molar-refractivity contribution in [3.8, 4) is 0 Å². The number of benzene rings is 2. The summed E-state index contributed by atoms with van der Waals surface area (Å²) in [4.78, 5) is 24.4. The number of amides is 1. The number of thioether (sulfide) groups is 1. The number of carbonyl (C=O) groups excluding carboxylic acids is 2. The largest absolute Gasteiger partial charge is 0.322 e. The van der Waals surface area contributed by atoms with Gasteiger partial charge in [0, 0.05) is 46.4 Å². The van der Waals surface area contributed by atoms with E-state index in [1.54, 1.807) is 12.1 Å². The molecule has 1 aliphatic rings.